The monoisotopic (exact) mass is 510 g/mol. The molecule has 37 heavy (non-hydrogen) atoms. The van der Waals surface area contributed by atoms with E-state index in [1.54, 1.807) is 18.3 Å². The molecular formula is C25H28F2N8O2. The van der Waals surface area contributed by atoms with Gasteiger partial charge in [-0.15, -0.1) is 0 Å². The fourth-order valence-corrected chi connectivity index (χ4v) is 4.56. The lowest BCUT2D eigenvalue weighted by molar-refractivity contribution is -0.114. The average Bonchev–Trinajstić information content (AvgIpc) is 3.47. The van der Waals surface area contributed by atoms with Gasteiger partial charge in [0.05, 0.1) is 29.7 Å². The smallest absolute Gasteiger partial charge is 0.303 e. The number of likely N-dealkylation sites (tertiary alicyclic amines) is 1. The minimum absolute atomic E-state index is 0.189. The molecule has 5 rings (SSSR count). The normalized spacial score (nSPS) is 19.3. The highest BCUT2D eigenvalue weighted by molar-refractivity contribution is 5.89. The summed E-state index contributed by atoms with van der Waals surface area (Å²) in [6.45, 7) is 6.24. The summed E-state index contributed by atoms with van der Waals surface area (Å²) in [7, 11) is 0. The van der Waals surface area contributed by atoms with Crippen molar-refractivity contribution >= 4 is 23.2 Å². The molecule has 2 bridgehead atoms. The maximum atomic E-state index is 14.1. The van der Waals surface area contributed by atoms with Crippen LogP contribution < -0.4 is 10.6 Å². The van der Waals surface area contributed by atoms with Crippen molar-refractivity contribution in [3.05, 3.63) is 47.8 Å². The minimum atomic E-state index is -3.21. The van der Waals surface area contributed by atoms with Gasteiger partial charge < -0.3 is 15.4 Å². The largest absolute Gasteiger partial charge is 0.375 e. The number of nitrogens with one attached hydrogen (secondary N) is 2. The zero-order valence-electron chi connectivity index (χ0n) is 20.8. The number of rotatable bonds is 8. The number of aryl methyl sites for hydroxylation is 1. The van der Waals surface area contributed by atoms with Crippen molar-refractivity contribution in [2.24, 2.45) is 0 Å². The van der Waals surface area contributed by atoms with Crippen LogP contribution in [-0.2, 0) is 28.4 Å². The Kier molecular flexibility index (Phi) is 6.78. The van der Waals surface area contributed by atoms with Gasteiger partial charge in [-0.1, -0.05) is 6.92 Å². The first-order valence-electron chi connectivity index (χ1n) is 12.2. The number of nitrogens with zero attached hydrogens (tertiary/aromatic N) is 6. The lowest BCUT2D eigenvalue weighted by Crippen LogP contribution is -2.36. The molecule has 2 saturated heterocycles. The molecule has 0 spiro atoms. The highest BCUT2D eigenvalue weighted by atomic mass is 19.3. The summed E-state index contributed by atoms with van der Waals surface area (Å²) in [5, 5.41) is 5.74. The van der Waals surface area contributed by atoms with Gasteiger partial charge in [-0.05, 0) is 18.9 Å². The van der Waals surface area contributed by atoms with E-state index in [9.17, 15) is 13.6 Å². The third-order valence-electron chi connectivity index (χ3n) is 6.34. The van der Waals surface area contributed by atoms with Crippen molar-refractivity contribution in [1.29, 1.82) is 0 Å². The zero-order chi connectivity index (χ0) is 26.2. The molecule has 1 amide bonds. The molecule has 0 saturated carbocycles. The Hall–Kier alpha value is -3.64. The first-order valence-corrected chi connectivity index (χ1v) is 12.2. The van der Waals surface area contributed by atoms with E-state index in [4.69, 9.17) is 9.72 Å². The molecule has 5 heterocycles. The summed E-state index contributed by atoms with van der Waals surface area (Å²) in [6, 6.07) is 5.48. The van der Waals surface area contributed by atoms with E-state index in [0.717, 1.165) is 32.2 Å². The van der Waals surface area contributed by atoms with Gasteiger partial charge in [0.15, 0.2) is 5.82 Å². The Morgan fingerprint density at radius 2 is 2.03 bits per heavy atom. The van der Waals surface area contributed by atoms with Crippen molar-refractivity contribution in [2.45, 2.75) is 58.2 Å². The van der Waals surface area contributed by atoms with E-state index in [1.807, 2.05) is 13.0 Å². The maximum absolute atomic E-state index is 14.1. The van der Waals surface area contributed by atoms with Gasteiger partial charge in [0, 0.05) is 63.2 Å². The Morgan fingerprint density at radius 1 is 1.19 bits per heavy atom. The molecule has 2 N–H and O–H groups in total. The summed E-state index contributed by atoms with van der Waals surface area (Å²) < 4.78 is 33.8. The highest BCUT2D eigenvalue weighted by Gasteiger charge is 2.38. The lowest BCUT2D eigenvalue weighted by atomic mass is 10.2. The molecule has 2 fully saturated rings. The Labute approximate surface area is 212 Å². The van der Waals surface area contributed by atoms with Crippen LogP contribution in [0.5, 0.6) is 0 Å². The van der Waals surface area contributed by atoms with Gasteiger partial charge in [-0.2, -0.15) is 8.78 Å². The lowest BCUT2D eigenvalue weighted by Gasteiger charge is -2.26. The van der Waals surface area contributed by atoms with Crippen molar-refractivity contribution < 1.29 is 18.3 Å². The number of amides is 1. The highest BCUT2D eigenvalue weighted by Crippen LogP contribution is 2.32. The maximum Gasteiger partial charge on any atom is 0.303 e. The quantitative estimate of drug-likeness (QED) is 0.468. The van der Waals surface area contributed by atoms with E-state index < -0.39 is 11.7 Å². The number of pyridine rings is 1. The Bertz CT molecular complexity index is 1320. The Balaban J connectivity index is 1.49. The van der Waals surface area contributed by atoms with Crippen LogP contribution in [0.1, 0.15) is 44.4 Å². The van der Waals surface area contributed by atoms with Crippen LogP contribution in [0.15, 0.2) is 30.6 Å². The molecule has 3 aromatic rings. The number of carbonyl (C=O) groups is 1. The minimum Gasteiger partial charge on any atom is -0.375 e. The van der Waals surface area contributed by atoms with Crippen LogP contribution in [-0.4, -0.2) is 61.0 Å². The summed E-state index contributed by atoms with van der Waals surface area (Å²) in [4.78, 5) is 35.5. The second kappa shape index (κ2) is 10.0. The van der Waals surface area contributed by atoms with Crippen LogP contribution in [0, 0.1) is 0 Å². The van der Waals surface area contributed by atoms with Crippen LogP contribution in [0.3, 0.4) is 0 Å². The van der Waals surface area contributed by atoms with Gasteiger partial charge in [0.1, 0.15) is 11.6 Å². The number of ether oxygens (including phenoxy) is 1. The molecule has 3 aromatic heterocycles. The molecule has 0 unspecified atom stereocenters. The number of fused-ring (bicyclic) bond motifs is 2. The predicted octanol–water partition coefficient (Wildman–Crippen LogP) is 3.68. The molecule has 2 atom stereocenters. The molecule has 10 nitrogen and oxygen atoms in total. The number of alkyl halides is 2. The molecule has 0 radical (unpaired) electrons. The topological polar surface area (TPSA) is 118 Å². The van der Waals surface area contributed by atoms with Crippen LogP contribution in [0.2, 0.25) is 0 Å². The van der Waals surface area contributed by atoms with Gasteiger partial charge in [0.25, 0.3) is 0 Å². The zero-order valence-corrected chi connectivity index (χ0v) is 20.8. The SMILES string of the molecule is CCc1cc(Nc2cc(NC(C)=O)ncc2-c2nccc(CN3C[C@H]4C[C@@H]3CO4)n2)nc(C(C)(F)F)n1. The van der Waals surface area contributed by atoms with Crippen LogP contribution in [0.4, 0.5) is 26.1 Å². The number of halogens is 2. The Morgan fingerprint density at radius 3 is 2.70 bits per heavy atom. The van der Waals surface area contributed by atoms with Gasteiger partial charge in [-0.25, -0.2) is 24.9 Å². The van der Waals surface area contributed by atoms with Crippen LogP contribution in [0.25, 0.3) is 11.4 Å². The first kappa shape index (κ1) is 25.0. The third kappa shape index (κ3) is 5.70. The fourth-order valence-electron chi connectivity index (χ4n) is 4.56. The molecule has 12 heteroatoms. The molecule has 194 valence electrons. The molecular weight excluding hydrogens is 482 g/mol. The van der Waals surface area contributed by atoms with Crippen molar-refractivity contribution in [3.8, 4) is 11.4 Å². The van der Waals surface area contributed by atoms with Crippen molar-refractivity contribution in [3.63, 3.8) is 0 Å². The van der Waals surface area contributed by atoms with E-state index in [1.165, 1.54) is 13.1 Å². The third-order valence-corrected chi connectivity index (χ3v) is 6.34. The first-order chi connectivity index (χ1) is 17.7. The van der Waals surface area contributed by atoms with Gasteiger partial charge in [0.2, 0.25) is 11.7 Å². The molecule has 2 aliphatic rings. The van der Waals surface area contributed by atoms with E-state index in [2.05, 4.69) is 35.5 Å². The average molecular weight is 511 g/mol. The van der Waals surface area contributed by atoms with E-state index in [-0.39, 0.29) is 23.6 Å². The van der Waals surface area contributed by atoms with Gasteiger partial charge >= 0.3 is 5.92 Å². The second-order valence-corrected chi connectivity index (χ2v) is 9.38. The molecule has 0 aromatic carbocycles. The van der Waals surface area contributed by atoms with Crippen LogP contribution >= 0.6 is 0 Å². The summed E-state index contributed by atoms with van der Waals surface area (Å²) in [6.07, 6.45) is 5.00. The van der Waals surface area contributed by atoms with E-state index in [0.29, 0.717) is 41.8 Å². The number of anilines is 3. The summed E-state index contributed by atoms with van der Waals surface area (Å²) >= 11 is 0. The van der Waals surface area contributed by atoms with E-state index >= 15 is 0 Å². The second-order valence-electron chi connectivity index (χ2n) is 9.38. The summed E-state index contributed by atoms with van der Waals surface area (Å²) in [5.74, 6) is -3.19. The number of carbonyl (C=O) groups excluding carboxylic acids is 1. The number of morpholine rings is 1. The van der Waals surface area contributed by atoms with Crippen molar-refractivity contribution in [1.82, 2.24) is 29.8 Å². The predicted molar refractivity (Wildman–Crippen MR) is 132 cm³/mol. The van der Waals surface area contributed by atoms with Crippen molar-refractivity contribution in [2.75, 3.05) is 23.8 Å². The standard InChI is InChI=1S/C25H28F2N8O2/c1-4-15-7-22(34-24(32-15)25(3,26)27)33-20-9-21(30-14(2)36)29-10-19(20)23-28-6-5-16(31-23)11-35-12-18-8-17(35)13-37-18/h5-7,9-10,17-18H,4,8,11-13H2,1-3H3,(H2,29,30,32,33,34,36)/t17-,18-/m1/s1. The molecule has 2 aliphatic heterocycles. The van der Waals surface area contributed by atoms with Gasteiger partial charge in [-0.3, -0.25) is 9.69 Å². The fraction of sp³-hybridized carbons (Fsp3) is 0.440. The number of hydrogen-bond acceptors (Lipinski definition) is 9. The number of hydrogen-bond donors (Lipinski definition) is 2. The molecule has 0 aliphatic carbocycles. The number of aromatic nitrogens is 5. The summed E-state index contributed by atoms with van der Waals surface area (Å²) in [5.41, 5.74) is 2.30.